The molecule has 2 unspecified atom stereocenters. The van der Waals surface area contributed by atoms with E-state index in [0.717, 1.165) is 19.5 Å². The first-order valence-corrected chi connectivity index (χ1v) is 6.30. The summed E-state index contributed by atoms with van der Waals surface area (Å²) in [5, 5.41) is 14.6. The highest BCUT2D eigenvalue weighted by Gasteiger charge is 2.16. The second-order valence-electron chi connectivity index (χ2n) is 4.82. The Morgan fingerprint density at radius 2 is 2.29 bits per heavy atom. The summed E-state index contributed by atoms with van der Waals surface area (Å²) in [6.45, 7) is 3.80. The van der Waals surface area contributed by atoms with Crippen LogP contribution in [0, 0.1) is 5.92 Å². The van der Waals surface area contributed by atoms with Gasteiger partial charge in [0.05, 0.1) is 6.42 Å². The molecule has 1 aliphatic rings. The second kappa shape index (κ2) is 7.27. The van der Waals surface area contributed by atoms with E-state index in [4.69, 9.17) is 5.11 Å². The Morgan fingerprint density at radius 1 is 1.53 bits per heavy atom. The van der Waals surface area contributed by atoms with Gasteiger partial charge < -0.3 is 15.7 Å². The van der Waals surface area contributed by atoms with E-state index in [1.165, 1.54) is 12.8 Å². The summed E-state index contributed by atoms with van der Waals surface area (Å²) in [6, 6.07) is -0.288. The maximum atomic E-state index is 11.6. The molecule has 0 aliphatic carbocycles. The van der Waals surface area contributed by atoms with Crippen molar-refractivity contribution in [2.24, 2.45) is 5.92 Å². The van der Waals surface area contributed by atoms with Crippen molar-refractivity contribution in [3.05, 3.63) is 0 Å². The van der Waals surface area contributed by atoms with E-state index < -0.39 is 5.97 Å². The van der Waals surface area contributed by atoms with Crippen LogP contribution < -0.4 is 10.6 Å². The smallest absolute Gasteiger partial charge is 0.305 e. The lowest BCUT2D eigenvalue weighted by molar-refractivity contribution is -0.137. The quantitative estimate of drug-likeness (QED) is 0.642. The van der Waals surface area contributed by atoms with Gasteiger partial charge in [-0.15, -0.1) is 0 Å². The summed E-state index contributed by atoms with van der Waals surface area (Å²) in [6.07, 6.45) is 3.73. The molecule has 0 radical (unpaired) electrons. The van der Waals surface area contributed by atoms with Crippen molar-refractivity contribution in [3.63, 3.8) is 0 Å². The number of aliphatic carboxylic acids is 1. The number of hydrogen-bond acceptors (Lipinski definition) is 3. The molecule has 0 aromatic carbocycles. The van der Waals surface area contributed by atoms with Crippen LogP contribution in [0.3, 0.4) is 0 Å². The zero-order chi connectivity index (χ0) is 12.7. The van der Waals surface area contributed by atoms with E-state index in [2.05, 4.69) is 10.6 Å². The third-order valence-electron chi connectivity index (χ3n) is 3.07. The van der Waals surface area contributed by atoms with Crippen LogP contribution in [-0.4, -0.2) is 36.1 Å². The molecule has 0 saturated carbocycles. The lowest BCUT2D eigenvalue weighted by Gasteiger charge is -2.22. The normalized spacial score (nSPS) is 21.8. The molecule has 5 nitrogen and oxygen atoms in total. The lowest BCUT2D eigenvalue weighted by Crippen LogP contribution is -2.35. The maximum absolute atomic E-state index is 11.6. The van der Waals surface area contributed by atoms with Crippen LogP contribution in [0.4, 0.5) is 0 Å². The van der Waals surface area contributed by atoms with Gasteiger partial charge in [-0.3, -0.25) is 9.59 Å². The van der Waals surface area contributed by atoms with Gasteiger partial charge in [-0.1, -0.05) is 0 Å². The number of carbonyl (C=O) groups excluding carboxylic acids is 1. The molecule has 5 heteroatoms. The molecule has 0 aromatic rings. The van der Waals surface area contributed by atoms with Crippen LogP contribution in [-0.2, 0) is 9.59 Å². The highest BCUT2D eigenvalue weighted by Crippen LogP contribution is 2.15. The van der Waals surface area contributed by atoms with E-state index in [1.54, 1.807) is 6.92 Å². The van der Waals surface area contributed by atoms with Crippen molar-refractivity contribution >= 4 is 11.9 Å². The van der Waals surface area contributed by atoms with Gasteiger partial charge in [0.1, 0.15) is 0 Å². The zero-order valence-electron chi connectivity index (χ0n) is 10.4. The number of carboxylic acids is 1. The van der Waals surface area contributed by atoms with Gasteiger partial charge in [0.2, 0.25) is 5.91 Å². The molecule has 17 heavy (non-hydrogen) atoms. The van der Waals surface area contributed by atoms with Crippen LogP contribution in [0.15, 0.2) is 0 Å². The number of carbonyl (C=O) groups is 2. The minimum atomic E-state index is -0.880. The Bertz CT molecular complexity index is 262. The monoisotopic (exact) mass is 242 g/mol. The minimum Gasteiger partial charge on any atom is -0.481 e. The fourth-order valence-corrected chi connectivity index (χ4v) is 2.17. The molecule has 1 fully saturated rings. The zero-order valence-corrected chi connectivity index (χ0v) is 10.4. The first kappa shape index (κ1) is 14.0. The standard InChI is InChI=1S/C12H22N2O3/c1-9(7-12(16)17)14-11(15)5-4-10-3-2-6-13-8-10/h9-10,13H,2-8H2,1H3,(H,14,15)(H,16,17). The number of piperidine rings is 1. The number of rotatable bonds is 6. The average molecular weight is 242 g/mol. The van der Waals surface area contributed by atoms with Gasteiger partial charge >= 0.3 is 5.97 Å². The predicted octanol–water partition coefficient (Wildman–Crippen LogP) is 0.746. The summed E-state index contributed by atoms with van der Waals surface area (Å²) < 4.78 is 0. The van der Waals surface area contributed by atoms with Crippen LogP contribution in [0.2, 0.25) is 0 Å². The second-order valence-corrected chi connectivity index (χ2v) is 4.82. The molecule has 1 heterocycles. The molecule has 98 valence electrons. The topological polar surface area (TPSA) is 78.4 Å². The maximum Gasteiger partial charge on any atom is 0.305 e. The van der Waals surface area contributed by atoms with E-state index in [-0.39, 0.29) is 18.4 Å². The molecular formula is C12H22N2O3. The molecule has 1 aliphatic heterocycles. The van der Waals surface area contributed by atoms with Crippen molar-refractivity contribution in [1.29, 1.82) is 0 Å². The fraction of sp³-hybridized carbons (Fsp3) is 0.833. The van der Waals surface area contributed by atoms with Crippen molar-refractivity contribution in [2.75, 3.05) is 13.1 Å². The number of hydrogen-bond donors (Lipinski definition) is 3. The Hall–Kier alpha value is -1.10. The van der Waals surface area contributed by atoms with Crippen molar-refractivity contribution in [1.82, 2.24) is 10.6 Å². The summed E-state index contributed by atoms with van der Waals surface area (Å²) in [5.74, 6) is -0.331. The van der Waals surface area contributed by atoms with Crippen LogP contribution in [0.25, 0.3) is 0 Å². The lowest BCUT2D eigenvalue weighted by atomic mass is 9.94. The minimum absolute atomic E-state index is 0.0171. The SMILES string of the molecule is CC(CC(=O)O)NC(=O)CCC1CCCNC1. The van der Waals surface area contributed by atoms with Gasteiger partial charge in [-0.2, -0.15) is 0 Å². The van der Waals surface area contributed by atoms with E-state index >= 15 is 0 Å². The Kier molecular flexibility index (Phi) is 5.97. The third-order valence-corrected chi connectivity index (χ3v) is 3.07. The highest BCUT2D eigenvalue weighted by molar-refractivity contribution is 5.77. The molecule has 1 amide bonds. The highest BCUT2D eigenvalue weighted by atomic mass is 16.4. The van der Waals surface area contributed by atoms with E-state index in [0.29, 0.717) is 12.3 Å². The summed E-state index contributed by atoms with van der Waals surface area (Å²) >= 11 is 0. The molecule has 0 bridgehead atoms. The summed E-state index contributed by atoms with van der Waals surface area (Å²) in [5.41, 5.74) is 0. The molecule has 1 saturated heterocycles. The Labute approximate surface area is 102 Å². The Balaban J connectivity index is 2.13. The molecule has 0 spiro atoms. The van der Waals surface area contributed by atoms with E-state index in [9.17, 15) is 9.59 Å². The van der Waals surface area contributed by atoms with Crippen molar-refractivity contribution in [2.45, 2.75) is 45.1 Å². The Morgan fingerprint density at radius 3 is 2.88 bits per heavy atom. The van der Waals surface area contributed by atoms with Crippen LogP contribution >= 0.6 is 0 Å². The van der Waals surface area contributed by atoms with Crippen LogP contribution in [0.5, 0.6) is 0 Å². The molecule has 1 rings (SSSR count). The van der Waals surface area contributed by atoms with Gasteiger partial charge in [0.25, 0.3) is 0 Å². The average Bonchev–Trinajstić information content (AvgIpc) is 2.26. The third kappa shape index (κ3) is 6.26. The molecule has 3 N–H and O–H groups in total. The van der Waals surface area contributed by atoms with Gasteiger partial charge in [-0.05, 0) is 45.2 Å². The van der Waals surface area contributed by atoms with Gasteiger partial charge in [0.15, 0.2) is 0 Å². The van der Waals surface area contributed by atoms with Crippen molar-refractivity contribution in [3.8, 4) is 0 Å². The summed E-state index contributed by atoms with van der Waals surface area (Å²) in [7, 11) is 0. The van der Waals surface area contributed by atoms with Gasteiger partial charge in [-0.25, -0.2) is 0 Å². The number of amides is 1. The summed E-state index contributed by atoms with van der Waals surface area (Å²) in [4.78, 5) is 22.0. The molecule has 2 atom stereocenters. The first-order chi connectivity index (χ1) is 8.08. The predicted molar refractivity (Wildman–Crippen MR) is 64.7 cm³/mol. The number of nitrogens with one attached hydrogen (secondary N) is 2. The largest absolute Gasteiger partial charge is 0.481 e. The van der Waals surface area contributed by atoms with Crippen molar-refractivity contribution < 1.29 is 14.7 Å². The van der Waals surface area contributed by atoms with Crippen LogP contribution in [0.1, 0.15) is 39.0 Å². The number of carboxylic acid groups (broad SMARTS) is 1. The molecular weight excluding hydrogens is 220 g/mol. The first-order valence-electron chi connectivity index (χ1n) is 6.30. The van der Waals surface area contributed by atoms with Gasteiger partial charge in [0, 0.05) is 12.5 Å². The fourth-order valence-electron chi connectivity index (χ4n) is 2.17. The van der Waals surface area contributed by atoms with E-state index in [1.807, 2.05) is 0 Å². The molecule has 0 aromatic heterocycles.